The van der Waals surface area contributed by atoms with Crippen LogP contribution in [0.4, 0.5) is 13.2 Å². The highest BCUT2D eigenvalue weighted by molar-refractivity contribution is 14.0. The van der Waals surface area contributed by atoms with Gasteiger partial charge in [0, 0.05) is 43.7 Å². The van der Waals surface area contributed by atoms with Gasteiger partial charge in [-0.3, -0.25) is 4.99 Å². The number of rotatable bonds is 7. The molecule has 2 heterocycles. The Morgan fingerprint density at radius 3 is 2.27 bits per heavy atom. The Kier molecular flexibility index (Phi) is 9.79. The topological polar surface area (TPSA) is 62.2 Å². The first-order valence-electron chi connectivity index (χ1n) is 7.81. The van der Waals surface area contributed by atoms with Crippen molar-refractivity contribution in [3.63, 3.8) is 0 Å². The van der Waals surface area contributed by atoms with Gasteiger partial charge in [0.05, 0.1) is 15.7 Å². The van der Waals surface area contributed by atoms with Crippen molar-refractivity contribution >= 4 is 52.6 Å². The van der Waals surface area contributed by atoms with E-state index >= 15 is 0 Å². The standard InChI is InChI=1S/C15H20F3N5S2.HI/c1-3-12-22-10(8-24-12)4-6-20-14(19-2)21-7-5-13-23-11(9-25-13)15(16,17)18;/h8-9H,3-7H2,1-2H3,(H2,19,20,21);1H. The molecule has 0 bridgehead atoms. The van der Waals surface area contributed by atoms with Crippen LogP contribution in [0.3, 0.4) is 0 Å². The molecule has 146 valence electrons. The van der Waals surface area contributed by atoms with Crippen molar-refractivity contribution in [1.82, 2.24) is 20.6 Å². The number of hydrogen-bond acceptors (Lipinski definition) is 5. The minimum absolute atomic E-state index is 0. The van der Waals surface area contributed by atoms with Crippen molar-refractivity contribution in [3.05, 3.63) is 32.2 Å². The Hall–Kier alpha value is -0.950. The van der Waals surface area contributed by atoms with Gasteiger partial charge in [-0.05, 0) is 6.42 Å². The van der Waals surface area contributed by atoms with Crippen LogP contribution in [0.25, 0.3) is 0 Å². The van der Waals surface area contributed by atoms with Crippen LogP contribution in [0, 0.1) is 0 Å². The molecule has 26 heavy (non-hydrogen) atoms. The van der Waals surface area contributed by atoms with Crippen LogP contribution in [0.5, 0.6) is 0 Å². The van der Waals surface area contributed by atoms with E-state index in [-0.39, 0.29) is 24.0 Å². The zero-order valence-electron chi connectivity index (χ0n) is 14.4. The highest BCUT2D eigenvalue weighted by Gasteiger charge is 2.33. The molecular weight excluding hydrogens is 498 g/mol. The van der Waals surface area contributed by atoms with E-state index < -0.39 is 11.9 Å². The van der Waals surface area contributed by atoms with Crippen LogP contribution in [0.1, 0.15) is 28.3 Å². The molecule has 0 unspecified atom stereocenters. The van der Waals surface area contributed by atoms with Crippen molar-refractivity contribution in [3.8, 4) is 0 Å². The molecule has 0 aromatic carbocycles. The van der Waals surface area contributed by atoms with Crippen molar-refractivity contribution in [2.45, 2.75) is 32.4 Å². The van der Waals surface area contributed by atoms with Crippen molar-refractivity contribution in [2.75, 3.05) is 20.1 Å². The van der Waals surface area contributed by atoms with Gasteiger partial charge < -0.3 is 10.6 Å². The fourth-order valence-electron chi connectivity index (χ4n) is 2.00. The molecule has 5 nitrogen and oxygen atoms in total. The largest absolute Gasteiger partial charge is 0.434 e. The van der Waals surface area contributed by atoms with Crippen molar-refractivity contribution < 1.29 is 13.2 Å². The molecule has 2 rings (SSSR count). The van der Waals surface area contributed by atoms with Crippen LogP contribution in [-0.4, -0.2) is 36.1 Å². The number of hydrogen-bond donors (Lipinski definition) is 2. The Labute approximate surface area is 175 Å². The third-order valence-electron chi connectivity index (χ3n) is 3.27. The molecule has 0 aliphatic rings. The summed E-state index contributed by atoms with van der Waals surface area (Å²) in [6.07, 6.45) is -2.24. The van der Waals surface area contributed by atoms with Gasteiger partial charge in [0.1, 0.15) is 0 Å². The van der Waals surface area contributed by atoms with Gasteiger partial charge in [0.2, 0.25) is 0 Å². The molecule has 0 amide bonds. The Bertz CT molecular complexity index is 700. The summed E-state index contributed by atoms with van der Waals surface area (Å²) in [5, 5.41) is 10.9. The summed E-state index contributed by atoms with van der Waals surface area (Å²) in [4.78, 5) is 12.2. The average molecular weight is 519 g/mol. The van der Waals surface area contributed by atoms with Gasteiger partial charge in [-0.15, -0.1) is 46.7 Å². The van der Waals surface area contributed by atoms with Crippen LogP contribution < -0.4 is 10.6 Å². The molecule has 0 radical (unpaired) electrons. The lowest BCUT2D eigenvalue weighted by Gasteiger charge is -2.10. The van der Waals surface area contributed by atoms with Gasteiger partial charge in [-0.1, -0.05) is 6.92 Å². The molecule has 2 N–H and O–H groups in total. The Balaban J connectivity index is 0.00000338. The lowest BCUT2D eigenvalue weighted by atomic mass is 10.3. The predicted octanol–water partition coefficient (Wildman–Crippen LogP) is 3.75. The number of nitrogens with one attached hydrogen (secondary N) is 2. The molecule has 2 aromatic heterocycles. The molecule has 0 atom stereocenters. The Morgan fingerprint density at radius 1 is 1.08 bits per heavy atom. The smallest absolute Gasteiger partial charge is 0.356 e. The number of guanidine groups is 1. The quantitative estimate of drug-likeness (QED) is 0.333. The monoisotopic (exact) mass is 519 g/mol. The highest BCUT2D eigenvalue weighted by Crippen LogP contribution is 2.29. The van der Waals surface area contributed by atoms with Crippen LogP contribution in [-0.2, 0) is 25.4 Å². The number of thiazole rings is 2. The third-order valence-corrected chi connectivity index (χ3v) is 5.22. The normalized spacial score (nSPS) is 12.0. The maximum Gasteiger partial charge on any atom is 0.434 e. The fraction of sp³-hybridized carbons (Fsp3) is 0.533. The van der Waals surface area contributed by atoms with E-state index in [0.717, 1.165) is 40.3 Å². The predicted molar refractivity (Wildman–Crippen MR) is 111 cm³/mol. The van der Waals surface area contributed by atoms with Gasteiger partial charge in [0.25, 0.3) is 0 Å². The van der Waals surface area contributed by atoms with Gasteiger partial charge >= 0.3 is 6.18 Å². The molecule has 0 fully saturated rings. The number of halogens is 4. The highest BCUT2D eigenvalue weighted by atomic mass is 127. The molecule has 0 saturated carbocycles. The summed E-state index contributed by atoms with van der Waals surface area (Å²) < 4.78 is 37.5. The van der Waals surface area contributed by atoms with E-state index in [2.05, 4.69) is 37.9 Å². The first-order valence-corrected chi connectivity index (χ1v) is 9.57. The summed E-state index contributed by atoms with van der Waals surface area (Å²) in [6.45, 7) is 3.22. The third kappa shape index (κ3) is 7.35. The van der Waals surface area contributed by atoms with Gasteiger partial charge in [0.15, 0.2) is 11.7 Å². The van der Waals surface area contributed by atoms with E-state index in [9.17, 15) is 13.2 Å². The van der Waals surface area contributed by atoms with E-state index in [4.69, 9.17) is 0 Å². The van der Waals surface area contributed by atoms with Crippen LogP contribution in [0.15, 0.2) is 15.8 Å². The van der Waals surface area contributed by atoms with Gasteiger partial charge in [-0.2, -0.15) is 13.2 Å². The van der Waals surface area contributed by atoms with Crippen LogP contribution >= 0.6 is 46.7 Å². The zero-order valence-corrected chi connectivity index (χ0v) is 18.4. The second-order valence-electron chi connectivity index (χ2n) is 5.14. The van der Waals surface area contributed by atoms with E-state index in [0.29, 0.717) is 30.5 Å². The number of aryl methyl sites for hydroxylation is 1. The average Bonchev–Trinajstić information content (AvgIpc) is 3.22. The Morgan fingerprint density at radius 2 is 1.73 bits per heavy atom. The SMILES string of the molecule is CCc1nc(CCNC(=NC)NCCc2nc(C(F)(F)F)cs2)cs1.I. The molecule has 11 heteroatoms. The van der Waals surface area contributed by atoms with E-state index in [1.54, 1.807) is 18.4 Å². The fourth-order valence-corrected chi connectivity index (χ4v) is 3.58. The maximum absolute atomic E-state index is 12.5. The summed E-state index contributed by atoms with van der Waals surface area (Å²) in [5.74, 6) is 0.610. The molecule has 0 aliphatic carbocycles. The number of aromatic nitrogens is 2. The summed E-state index contributed by atoms with van der Waals surface area (Å²) in [6, 6.07) is 0. The number of alkyl halides is 3. The van der Waals surface area contributed by atoms with Crippen molar-refractivity contribution in [1.29, 1.82) is 0 Å². The van der Waals surface area contributed by atoms with Gasteiger partial charge in [-0.25, -0.2) is 9.97 Å². The molecule has 0 aliphatic heterocycles. The second kappa shape index (κ2) is 11.0. The molecular formula is C15H21F3IN5S2. The number of nitrogens with zero attached hydrogens (tertiary/aromatic N) is 3. The maximum atomic E-state index is 12.5. The lowest BCUT2D eigenvalue weighted by Crippen LogP contribution is -2.39. The second-order valence-corrected chi connectivity index (χ2v) is 7.02. The zero-order chi connectivity index (χ0) is 18.3. The summed E-state index contributed by atoms with van der Waals surface area (Å²) in [7, 11) is 1.65. The summed E-state index contributed by atoms with van der Waals surface area (Å²) >= 11 is 2.68. The first kappa shape index (κ1) is 23.1. The lowest BCUT2D eigenvalue weighted by molar-refractivity contribution is -0.140. The minimum Gasteiger partial charge on any atom is -0.356 e. The number of aliphatic imine (C=N–C) groups is 1. The molecule has 2 aromatic rings. The van der Waals surface area contributed by atoms with E-state index in [1.165, 1.54) is 0 Å². The van der Waals surface area contributed by atoms with E-state index in [1.807, 2.05) is 0 Å². The molecule has 0 saturated heterocycles. The first-order chi connectivity index (χ1) is 11.9. The van der Waals surface area contributed by atoms with Crippen molar-refractivity contribution in [2.24, 2.45) is 4.99 Å². The van der Waals surface area contributed by atoms with Crippen LogP contribution in [0.2, 0.25) is 0 Å². The summed E-state index contributed by atoms with van der Waals surface area (Å²) in [5.41, 5.74) is 0.219. The molecule has 0 spiro atoms. The minimum atomic E-state index is -4.38.